The van der Waals surface area contributed by atoms with Crippen LogP contribution in [0.25, 0.3) is 0 Å². The van der Waals surface area contributed by atoms with Gasteiger partial charge in [0.25, 0.3) is 5.91 Å². The second-order valence-corrected chi connectivity index (χ2v) is 5.78. The molecule has 1 amide bonds. The molecule has 0 radical (unpaired) electrons. The summed E-state index contributed by atoms with van der Waals surface area (Å²) < 4.78 is 13.6. The molecule has 0 aliphatic heterocycles. The number of hydrogen-bond donors (Lipinski definition) is 1. The molecule has 0 atom stereocenters. The summed E-state index contributed by atoms with van der Waals surface area (Å²) in [5.74, 6) is -1.19. The lowest BCUT2D eigenvalue weighted by molar-refractivity contribution is 0.102. The summed E-state index contributed by atoms with van der Waals surface area (Å²) in [6.45, 7) is 0. The molecule has 3 rings (SSSR count). The number of rotatable bonds is 2. The highest BCUT2D eigenvalue weighted by Crippen LogP contribution is 2.31. The number of fused-ring (bicyclic) bond motifs is 1. The van der Waals surface area contributed by atoms with Crippen molar-refractivity contribution >= 4 is 34.0 Å². The Hall–Kier alpha value is -1.46. The molecule has 1 N–H and O–H groups in total. The van der Waals surface area contributed by atoms with Gasteiger partial charge >= 0.3 is 0 Å². The molecule has 1 heterocycles. The van der Waals surface area contributed by atoms with Gasteiger partial charge in [0.05, 0.1) is 16.3 Å². The SMILES string of the molecule is O=C(Nc1nc2c(s1)CCC2)c1c(F)cccc1Cl. The van der Waals surface area contributed by atoms with E-state index in [9.17, 15) is 9.18 Å². The van der Waals surface area contributed by atoms with Gasteiger partial charge in [-0.15, -0.1) is 11.3 Å². The molecule has 1 aliphatic rings. The summed E-state index contributed by atoms with van der Waals surface area (Å²) in [5.41, 5.74) is 0.902. The van der Waals surface area contributed by atoms with Crippen LogP contribution < -0.4 is 5.32 Å². The van der Waals surface area contributed by atoms with Crippen LogP contribution in [-0.4, -0.2) is 10.9 Å². The van der Waals surface area contributed by atoms with Crippen molar-refractivity contribution in [3.63, 3.8) is 0 Å². The van der Waals surface area contributed by atoms with Crippen LogP contribution in [-0.2, 0) is 12.8 Å². The molecule has 0 saturated carbocycles. The van der Waals surface area contributed by atoms with E-state index in [4.69, 9.17) is 11.6 Å². The Bertz CT molecular complexity index is 614. The quantitative estimate of drug-likeness (QED) is 0.918. The minimum absolute atomic E-state index is 0.0987. The maximum absolute atomic E-state index is 13.6. The third-order valence-electron chi connectivity index (χ3n) is 3.01. The molecule has 3 nitrogen and oxygen atoms in total. The second-order valence-electron chi connectivity index (χ2n) is 4.29. The van der Waals surface area contributed by atoms with E-state index >= 15 is 0 Å². The van der Waals surface area contributed by atoms with Crippen molar-refractivity contribution < 1.29 is 9.18 Å². The first-order valence-corrected chi connectivity index (χ1v) is 7.08. The van der Waals surface area contributed by atoms with Crippen LogP contribution in [0.15, 0.2) is 18.2 Å². The number of aryl methyl sites for hydroxylation is 2. The van der Waals surface area contributed by atoms with E-state index in [1.54, 1.807) is 0 Å². The van der Waals surface area contributed by atoms with Crippen molar-refractivity contribution in [1.82, 2.24) is 4.98 Å². The summed E-state index contributed by atoms with van der Waals surface area (Å²) in [6.07, 6.45) is 3.06. The van der Waals surface area contributed by atoms with Crippen molar-refractivity contribution in [3.8, 4) is 0 Å². The van der Waals surface area contributed by atoms with Gasteiger partial charge in [0.2, 0.25) is 0 Å². The average Bonchev–Trinajstić information content (AvgIpc) is 2.89. The fourth-order valence-corrected chi connectivity index (χ4v) is 3.41. The summed E-state index contributed by atoms with van der Waals surface area (Å²) in [4.78, 5) is 17.6. The van der Waals surface area contributed by atoms with E-state index in [-0.39, 0.29) is 10.6 Å². The number of carbonyl (C=O) groups is 1. The van der Waals surface area contributed by atoms with E-state index in [0.29, 0.717) is 5.13 Å². The van der Waals surface area contributed by atoms with Gasteiger partial charge < -0.3 is 0 Å². The highest BCUT2D eigenvalue weighted by molar-refractivity contribution is 7.16. The molecule has 19 heavy (non-hydrogen) atoms. The van der Waals surface area contributed by atoms with Crippen LogP contribution in [0.2, 0.25) is 5.02 Å². The first kappa shape index (κ1) is 12.6. The van der Waals surface area contributed by atoms with Gasteiger partial charge in [0.1, 0.15) is 5.82 Å². The number of benzene rings is 1. The van der Waals surface area contributed by atoms with Crippen LogP contribution in [0.5, 0.6) is 0 Å². The zero-order valence-electron chi connectivity index (χ0n) is 9.87. The molecule has 6 heteroatoms. The number of hydrogen-bond acceptors (Lipinski definition) is 3. The average molecular weight is 297 g/mol. The molecular weight excluding hydrogens is 287 g/mol. The Morgan fingerprint density at radius 1 is 1.42 bits per heavy atom. The number of halogens is 2. The van der Waals surface area contributed by atoms with E-state index in [2.05, 4.69) is 10.3 Å². The number of aromatic nitrogens is 1. The fourth-order valence-electron chi connectivity index (χ4n) is 2.12. The standard InChI is InChI=1S/C13H10ClFN2OS/c14-7-3-1-4-8(15)11(7)12(18)17-13-16-9-5-2-6-10(9)19-13/h1,3-4H,2,5-6H2,(H,16,17,18). The number of nitrogens with one attached hydrogen (secondary N) is 1. The van der Waals surface area contributed by atoms with Crippen LogP contribution in [0, 0.1) is 5.82 Å². The summed E-state index contributed by atoms with van der Waals surface area (Å²) in [6, 6.07) is 4.16. The molecule has 1 aromatic carbocycles. The van der Waals surface area contributed by atoms with Gasteiger partial charge in [-0.1, -0.05) is 17.7 Å². The molecule has 1 aliphatic carbocycles. The Kier molecular flexibility index (Phi) is 3.24. The predicted octanol–water partition coefficient (Wildman–Crippen LogP) is 3.68. The molecule has 1 aromatic heterocycles. The van der Waals surface area contributed by atoms with Crippen molar-refractivity contribution in [3.05, 3.63) is 45.2 Å². The Balaban J connectivity index is 1.84. The van der Waals surface area contributed by atoms with Gasteiger partial charge in [-0.25, -0.2) is 9.37 Å². The van der Waals surface area contributed by atoms with Gasteiger partial charge in [0, 0.05) is 4.88 Å². The lowest BCUT2D eigenvalue weighted by Gasteiger charge is -2.05. The van der Waals surface area contributed by atoms with Crippen LogP contribution >= 0.6 is 22.9 Å². The van der Waals surface area contributed by atoms with Crippen LogP contribution in [0.1, 0.15) is 27.3 Å². The van der Waals surface area contributed by atoms with Crippen LogP contribution in [0.4, 0.5) is 9.52 Å². The normalized spacial score (nSPS) is 13.4. The van der Waals surface area contributed by atoms with E-state index in [0.717, 1.165) is 25.0 Å². The Morgan fingerprint density at radius 2 is 2.26 bits per heavy atom. The lowest BCUT2D eigenvalue weighted by Crippen LogP contribution is -2.14. The molecule has 98 valence electrons. The van der Waals surface area contributed by atoms with Gasteiger partial charge in [0.15, 0.2) is 5.13 Å². The fraction of sp³-hybridized carbons (Fsp3) is 0.231. The highest BCUT2D eigenvalue weighted by Gasteiger charge is 2.20. The largest absolute Gasteiger partial charge is 0.298 e. The van der Waals surface area contributed by atoms with Gasteiger partial charge in [-0.2, -0.15) is 0 Å². The number of nitrogens with zero attached hydrogens (tertiary/aromatic N) is 1. The summed E-state index contributed by atoms with van der Waals surface area (Å²) >= 11 is 7.30. The lowest BCUT2D eigenvalue weighted by atomic mass is 10.2. The summed E-state index contributed by atoms with van der Waals surface area (Å²) in [5, 5.41) is 3.22. The first-order valence-electron chi connectivity index (χ1n) is 5.89. The van der Waals surface area contributed by atoms with Crippen molar-refractivity contribution in [2.24, 2.45) is 0 Å². The minimum atomic E-state index is -0.630. The van der Waals surface area contributed by atoms with E-state index in [1.807, 2.05) is 0 Å². The third-order valence-corrected chi connectivity index (χ3v) is 4.39. The van der Waals surface area contributed by atoms with Gasteiger partial charge in [-0.3, -0.25) is 10.1 Å². The molecule has 0 bridgehead atoms. The zero-order valence-corrected chi connectivity index (χ0v) is 11.4. The zero-order chi connectivity index (χ0) is 13.4. The molecule has 2 aromatic rings. The number of anilines is 1. The number of thiazole rings is 1. The van der Waals surface area contributed by atoms with Crippen molar-refractivity contribution in [2.45, 2.75) is 19.3 Å². The minimum Gasteiger partial charge on any atom is -0.298 e. The molecule has 0 fully saturated rings. The van der Waals surface area contributed by atoms with Gasteiger partial charge in [-0.05, 0) is 31.4 Å². The molecule has 0 saturated heterocycles. The predicted molar refractivity (Wildman–Crippen MR) is 73.5 cm³/mol. The maximum atomic E-state index is 13.6. The molecular formula is C13H10ClFN2OS. The van der Waals surface area contributed by atoms with E-state index in [1.165, 1.54) is 34.4 Å². The van der Waals surface area contributed by atoms with Crippen LogP contribution in [0.3, 0.4) is 0 Å². The van der Waals surface area contributed by atoms with Crippen molar-refractivity contribution in [1.29, 1.82) is 0 Å². The highest BCUT2D eigenvalue weighted by atomic mass is 35.5. The summed E-state index contributed by atoms with van der Waals surface area (Å²) in [7, 11) is 0. The topological polar surface area (TPSA) is 42.0 Å². The number of carbonyl (C=O) groups excluding carboxylic acids is 1. The maximum Gasteiger partial charge on any atom is 0.261 e. The van der Waals surface area contributed by atoms with Crippen molar-refractivity contribution in [2.75, 3.05) is 5.32 Å². The second kappa shape index (κ2) is 4.90. The van der Waals surface area contributed by atoms with E-state index < -0.39 is 11.7 Å². The number of amides is 1. The first-order chi connectivity index (χ1) is 9.15. The Morgan fingerprint density at radius 3 is 3.00 bits per heavy atom. The molecule has 0 spiro atoms. The monoisotopic (exact) mass is 296 g/mol. The molecule has 0 unspecified atom stereocenters. The third kappa shape index (κ3) is 2.35. The Labute approximate surface area is 118 Å². The smallest absolute Gasteiger partial charge is 0.261 e.